The van der Waals surface area contributed by atoms with Gasteiger partial charge in [-0.1, -0.05) is 15.9 Å². The average Bonchev–Trinajstić information content (AvgIpc) is 0.910. The molecule has 1 heterocycles. The van der Waals surface area contributed by atoms with Gasteiger partial charge in [0, 0.05) is 65.4 Å². The van der Waals surface area contributed by atoms with Crippen molar-refractivity contribution in [1.29, 1.82) is 0 Å². The Balaban J connectivity index is 1.71. The first-order valence-electron chi connectivity index (χ1n) is 36.0. The lowest BCUT2D eigenvalue weighted by Crippen LogP contribution is -2.50. The third-order valence-electron chi connectivity index (χ3n) is 13.8. The zero-order chi connectivity index (χ0) is 75.0. The fraction of sp³-hybridized carbons (Fsp3) is 0.924. The summed E-state index contributed by atoms with van der Waals surface area (Å²) in [7, 11) is 0. The highest BCUT2D eigenvalue weighted by Crippen LogP contribution is 2.03. The fourth-order valence-corrected chi connectivity index (χ4v) is 8.75. The van der Waals surface area contributed by atoms with Gasteiger partial charge in [0.2, 0.25) is 11.8 Å². The van der Waals surface area contributed by atoms with E-state index in [0.717, 1.165) is 0 Å². The summed E-state index contributed by atoms with van der Waals surface area (Å²) in [6, 6.07) is 0. The lowest BCUT2D eigenvalue weighted by Gasteiger charge is -2.32. The predicted octanol–water partition coefficient (Wildman–Crippen LogP) is -2.53. The van der Waals surface area contributed by atoms with Crippen LogP contribution < -0.4 is 10.6 Å². The summed E-state index contributed by atoms with van der Waals surface area (Å²) in [5.74, 6) is -3.38. The molecule has 1 aliphatic rings. The molecular weight excluding hydrogens is 1450 g/mol. The molecule has 0 radical (unpaired) electrons. The molecule has 2 amide bonds. The minimum atomic E-state index is -1.03. The Hall–Kier alpha value is -3.25. The molecule has 1 rings (SSSR count). The second kappa shape index (κ2) is 80.8. The number of carboxylic acid groups (broad SMARTS) is 3. The predicted molar refractivity (Wildman–Crippen MR) is 377 cm³/mol. The number of amides is 2. The number of rotatable bonds is 81. The van der Waals surface area contributed by atoms with E-state index in [-0.39, 0.29) is 56.5 Å². The first kappa shape index (κ1) is 98.8. The standard InChI is InChI=1S/C66H127BrN6O31/c67-57-62(74)68-1-11-82-13-15-84-17-19-86-21-23-88-25-27-90-29-31-92-33-35-94-37-39-96-41-43-98-45-47-100-49-51-102-53-55-104-56-54-103-52-50-101-48-46-99-44-42-97-40-38-95-36-34-93-32-30-91-28-26-89-24-22-87-20-18-85-16-14-83-12-2-69-63(75)58-70-3-5-71(59-64(76)77)7-9-73(61-66(80)81)10-8-72(6-4-70)60-65(78)79/h1-61H2,(H,68,74)(H,69,75)(H,76,77)(H,78,79)(H,80,81). The number of alkyl halides is 1. The summed E-state index contributed by atoms with van der Waals surface area (Å²) in [4.78, 5) is 65.3. The van der Waals surface area contributed by atoms with E-state index < -0.39 is 17.9 Å². The Bertz CT molecular complexity index is 1870. The third kappa shape index (κ3) is 76.9. The Labute approximate surface area is 622 Å². The molecule has 0 aromatic rings. The molecule has 614 valence electrons. The Kier molecular flexibility index (Phi) is 76.7. The van der Waals surface area contributed by atoms with E-state index in [1.807, 2.05) is 4.90 Å². The first-order chi connectivity index (χ1) is 51.1. The smallest absolute Gasteiger partial charge is 0.317 e. The molecule has 0 unspecified atom stereocenters. The second-order valence-corrected chi connectivity index (χ2v) is 22.8. The van der Waals surface area contributed by atoms with Crippen molar-refractivity contribution < 1.29 is 148 Å². The van der Waals surface area contributed by atoms with Crippen molar-refractivity contribution in [1.82, 2.24) is 30.2 Å². The monoisotopic (exact) mass is 1580 g/mol. The third-order valence-corrected chi connectivity index (χ3v) is 14.3. The van der Waals surface area contributed by atoms with E-state index in [2.05, 4.69) is 26.6 Å². The number of nitrogens with zero attached hydrogens (tertiary/aromatic N) is 4. The number of ether oxygens (including phenoxy) is 23. The second-order valence-electron chi connectivity index (χ2n) is 22.2. The molecular formula is C66H127BrN6O31. The van der Waals surface area contributed by atoms with Crippen LogP contribution in [0.1, 0.15) is 0 Å². The summed E-state index contributed by atoms with van der Waals surface area (Å²) in [6.07, 6.45) is 0. The van der Waals surface area contributed by atoms with Crippen LogP contribution in [0.5, 0.6) is 0 Å². The van der Waals surface area contributed by atoms with Crippen molar-refractivity contribution in [3.8, 4) is 0 Å². The SMILES string of the molecule is O=C(O)CN1CCN(CC(=O)O)CCN(CC(=O)NCCOCCOCCOCCOCCOCCOCCOCCOCCOCCOCCOCCOCCOCCOCCOCCOCCOCCOCCOCCOCCOCCOCCOCCNC(=O)CBr)CCN(CC(=O)O)CC1. The number of nitrogens with one attached hydrogen (secondary N) is 2. The van der Waals surface area contributed by atoms with Gasteiger partial charge in [-0.15, -0.1) is 0 Å². The van der Waals surface area contributed by atoms with Gasteiger partial charge in [0.1, 0.15) is 0 Å². The van der Waals surface area contributed by atoms with Crippen LogP contribution in [-0.4, -0.2) is 466 Å². The lowest BCUT2D eigenvalue weighted by atomic mass is 10.3. The molecule has 1 fully saturated rings. The number of aliphatic carboxylic acids is 3. The molecule has 1 aliphatic heterocycles. The van der Waals surface area contributed by atoms with Crippen LogP contribution in [-0.2, 0) is 133 Å². The minimum absolute atomic E-state index is 0.0241. The van der Waals surface area contributed by atoms with E-state index in [4.69, 9.17) is 109 Å². The summed E-state index contributed by atoms with van der Waals surface area (Å²) in [5, 5.41) is 34.0. The topological polar surface area (TPSA) is 395 Å². The molecule has 0 spiro atoms. The lowest BCUT2D eigenvalue weighted by molar-refractivity contribution is -0.140. The normalized spacial score (nSPS) is 13.9. The van der Waals surface area contributed by atoms with E-state index >= 15 is 0 Å². The summed E-state index contributed by atoms with van der Waals surface area (Å²) < 4.78 is 127. The van der Waals surface area contributed by atoms with Gasteiger partial charge in [0.25, 0.3) is 0 Å². The molecule has 0 aromatic heterocycles. The van der Waals surface area contributed by atoms with Crippen molar-refractivity contribution in [2.24, 2.45) is 0 Å². The summed E-state index contributed by atoms with van der Waals surface area (Å²) >= 11 is 3.08. The molecule has 0 bridgehead atoms. The number of halogens is 1. The van der Waals surface area contributed by atoms with Gasteiger partial charge in [-0.3, -0.25) is 43.6 Å². The number of carbonyl (C=O) groups is 5. The van der Waals surface area contributed by atoms with Crippen LogP contribution in [0.3, 0.4) is 0 Å². The Morgan fingerprint density at radius 2 is 0.337 bits per heavy atom. The summed E-state index contributed by atoms with van der Waals surface area (Å²) in [5.41, 5.74) is 0. The van der Waals surface area contributed by atoms with Crippen molar-refractivity contribution >= 4 is 45.7 Å². The van der Waals surface area contributed by atoms with Gasteiger partial charge >= 0.3 is 17.9 Å². The van der Waals surface area contributed by atoms with E-state index in [0.29, 0.717) is 356 Å². The maximum atomic E-state index is 12.8. The highest BCUT2D eigenvalue weighted by atomic mass is 79.9. The number of hydrogen-bond acceptors (Lipinski definition) is 32. The average molecular weight is 1580 g/mol. The van der Waals surface area contributed by atoms with Gasteiger partial charge in [-0.25, -0.2) is 0 Å². The number of carboxylic acids is 3. The zero-order valence-electron chi connectivity index (χ0n) is 61.6. The molecule has 0 atom stereocenters. The molecule has 104 heavy (non-hydrogen) atoms. The van der Waals surface area contributed by atoms with E-state index in [9.17, 15) is 39.3 Å². The van der Waals surface area contributed by atoms with Gasteiger partial charge < -0.3 is 135 Å². The molecule has 5 N–H and O–H groups in total. The molecule has 0 aliphatic carbocycles. The van der Waals surface area contributed by atoms with Gasteiger partial charge in [-0.2, -0.15) is 0 Å². The molecule has 0 aromatic carbocycles. The molecule has 0 saturated carbocycles. The zero-order valence-corrected chi connectivity index (χ0v) is 63.2. The summed E-state index contributed by atoms with van der Waals surface area (Å²) in [6.45, 7) is 23.2. The van der Waals surface area contributed by atoms with Crippen molar-refractivity contribution in [2.45, 2.75) is 0 Å². The van der Waals surface area contributed by atoms with Crippen LogP contribution in [0, 0.1) is 0 Å². The van der Waals surface area contributed by atoms with Crippen molar-refractivity contribution in [2.75, 3.05) is 401 Å². The molecule has 1 saturated heterocycles. The maximum absolute atomic E-state index is 12.8. The van der Waals surface area contributed by atoms with Gasteiger partial charge in [0.15, 0.2) is 0 Å². The molecule has 38 heteroatoms. The van der Waals surface area contributed by atoms with Crippen LogP contribution in [0.25, 0.3) is 0 Å². The van der Waals surface area contributed by atoms with Crippen molar-refractivity contribution in [3.05, 3.63) is 0 Å². The number of hydrogen-bond donors (Lipinski definition) is 5. The fourth-order valence-electron chi connectivity index (χ4n) is 8.56. The molecule has 37 nitrogen and oxygen atoms in total. The van der Waals surface area contributed by atoms with Gasteiger partial charge in [0.05, 0.1) is 335 Å². The van der Waals surface area contributed by atoms with E-state index in [1.54, 1.807) is 14.7 Å². The van der Waals surface area contributed by atoms with Crippen LogP contribution >= 0.6 is 15.9 Å². The highest BCUT2D eigenvalue weighted by molar-refractivity contribution is 9.09. The van der Waals surface area contributed by atoms with Crippen LogP contribution in [0.2, 0.25) is 0 Å². The Morgan fingerprint density at radius 3 is 0.471 bits per heavy atom. The minimum Gasteiger partial charge on any atom is -0.480 e. The van der Waals surface area contributed by atoms with Crippen molar-refractivity contribution in [3.63, 3.8) is 0 Å². The van der Waals surface area contributed by atoms with Crippen LogP contribution in [0.4, 0.5) is 0 Å². The maximum Gasteiger partial charge on any atom is 0.317 e. The largest absolute Gasteiger partial charge is 0.480 e. The Morgan fingerprint density at radius 1 is 0.212 bits per heavy atom. The van der Waals surface area contributed by atoms with Gasteiger partial charge in [-0.05, 0) is 0 Å². The highest BCUT2D eigenvalue weighted by Gasteiger charge is 2.21. The quantitative estimate of drug-likeness (QED) is 0.0310. The first-order valence-corrected chi connectivity index (χ1v) is 37.1. The van der Waals surface area contributed by atoms with Crippen LogP contribution in [0.15, 0.2) is 0 Å². The number of carbonyl (C=O) groups excluding carboxylic acids is 2. The van der Waals surface area contributed by atoms with E-state index in [1.165, 1.54) is 0 Å².